The highest BCUT2D eigenvalue weighted by atomic mass is 32.2. The van der Waals surface area contributed by atoms with E-state index in [2.05, 4.69) is 6.92 Å². The van der Waals surface area contributed by atoms with Crippen LogP contribution in [0.15, 0.2) is 30.3 Å². The predicted octanol–water partition coefficient (Wildman–Crippen LogP) is 3.55. The number of ether oxygens (including phenoxy) is 3. The van der Waals surface area contributed by atoms with Gasteiger partial charge in [-0.2, -0.15) is 0 Å². The van der Waals surface area contributed by atoms with Gasteiger partial charge in [-0.3, -0.25) is 0 Å². The van der Waals surface area contributed by atoms with Crippen molar-refractivity contribution in [3.63, 3.8) is 0 Å². The zero-order valence-corrected chi connectivity index (χ0v) is 13.1. The standard InChI is InChI=1S/C16H21FO3S/c1-3-21-16-10(2)13(17)14-12(19-16)9-18-15(20-14)11-7-5-4-6-8-11/h4-8,10,12-16H,3,9H2,1-2H3/t10-,12?,13+,14+,15?,16?/m0/s1. The molecule has 0 aliphatic carbocycles. The molecule has 2 heterocycles. The van der Waals surface area contributed by atoms with E-state index < -0.39 is 18.6 Å². The van der Waals surface area contributed by atoms with Gasteiger partial charge in [0.05, 0.1) is 6.61 Å². The quantitative estimate of drug-likeness (QED) is 0.853. The van der Waals surface area contributed by atoms with Crippen molar-refractivity contribution in [3.8, 4) is 0 Å². The Hall–Kier alpha value is -0.620. The van der Waals surface area contributed by atoms with Crippen LogP contribution in [0.3, 0.4) is 0 Å². The molecule has 0 spiro atoms. The van der Waals surface area contributed by atoms with Crippen LogP contribution in [0.25, 0.3) is 0 Å². The largest absolute Gasteiger partial charge is 0.359 e. The highest BCUT2D eigenvalue weighted by molar-refractivity contribution is 7.99. The highest BCUT2D eigenvalue weighted by Crippen LogP contribution is 2.40. The molecule has 1 aromatic carbocycles. The first-order chi connectivity index (χ1) is 10.2. The molecular weight excluding hydrogens is 291 g/mol. The third-order valence-electron chi connectivity index (χ3n) is 4.02. The van der Waals surface area contributed by atoms with Crippen molar-refractivity contribution in [2.75, 3.05) is 12.4 Å². The Bertz CT molecular complexity index is 456. The summed E-state index contributed by atoms with van der Waals surface area (Å²) in [5, 5.41) is 0. The van der Waals surface area contributed by atoms with E-state index in [0.717, 1.165) is 11.3 Å². The molecule has 3 unspecified atom stereocenters. The summed E-state index contributed by atoms with van der Waals surface area (Å²) in [6.07, 6.45) is -2.40. The van der Waals surface area contributed by atoms with E-state index in [-0.39, 0.29) is 17.5 Å². The van der Waals surface area contributed by atoms with Gasteiger partial charge in [0.15, 0.2) is 6.29 Å². The zero-order valence-electron chi connectivity index (χ0n) is 12.3. The molecule has 1 aromatic rings. The Morgan fingerprint density at radius 2 is 2.00 bits per heavy atom. The summed E-state index contributed by atoms with van der Waals surface area (Å²) < 4.78 is 32.2. The third kappa shape index (κ3) is 3.11. The zero-order chi connectivity index (χ0) is 14.8. The van der Waals surface area contributed by atoms with Crippen LogP contribution in [0.2, 0.25) is 0 Å². The molecule has 2 saturated heterocycles. The molecule has 0 amide bonds. The molecule has 116 valence electrons. The molecule has 2 fully saturated rings. The maximum Gasteiger partial charge on any atom is 0.184 e. The summed E-state index contributed by atoms with van der Waals surface area (Å²) in [4.78, 5) is 0. The lowest BCUT2D eigenvalue weighted by molar-refractivity contribution is -0.303. The number of thioether (sulfide) groups is 1. The van der Waals surface area contributed by atoms with Crippen molar-refractivity contribution in [1.82, 2.24) is 0 Å². The first-order valence-corrected chi connectivity index (χ1v) is 8.48. The second kappa shape index (κ2) is 6.65. The maximum absolute atomic E-state index is 14.7. The van der Waals surface area contributed by atoms with E-state index in [0.29, 0.717) is 6.61 Å². The van der Waals surface area contributed by atoms with Crippen LogP contribution in [0.5, 0.6) is 0 Å². The van der Waals surface area contributed by atoms with Crippen LogP contribution in [0.1, 0.15) is 25.7 Å². The predicted molar refractivity (Wildman–Crippen MR) is 80.9 cm³/mol. The molecule has 21 heavy (non-hydrogen) atoms. The van der Waals surface area contributed by atoms with Crippen molar-refractivity contribution in [3.05, 3.63) is 35.9 Å². The molecule has 0 radical (unpaired) electrons. The number of halogens is 1. The third-order valence-corrected chi connectivity index (χ3v) is 5.22. The smallest absolute Gasteiger partial charge is 0.184 e. The monoisotopic (exact) mass is 312 g/mol. The summed E-state index contributed by atoms with van der Waals surface area (Å²) in [6.45, 7) is 4.32. The van der Waals surface area contributed by atoms with E-state index in [1.54, 1.807) is 11.8 Å². The van der Waals surface area contributed by atoms with Crippen molar-refractivity contribution >= 4 is 11.8 Å². The van der Waals surface area contributed by atoms with Crippen LogP contribution in [0, 0.1) is 5.92 Å². The lowest BCUT2D eigenvalue weighted by Crippen LogP contribution is -2.56. The van der Waals surface area contributed by atoms with E-state index in [9.17, 15) is 4.39 Å². The van der Waals surface area contributed by atoms with Crippen molar-refractivity contribution < 1.29 is 18.6 Å². The van der Waals surface area contributed by atoms with Gasteiger partial charge in [-0.1, -0.05) is 44.2 Å². The van der Waals surface area contributed by atoms with Gasteiger partial charge in [0, 0.05) is 11.5 Å². The van der Waals surface area contributed by atoms with Gasteiger partial charge in [0.1, 0.15) is 23.8 Å². The summed E-state index contributed by atoms with van der Waals surface area (Å²) in [5.41, 5.74) is 0.799. The molecule has 0 N–H and O–H groups in total. The topological polar surface area (TPSA) is 27.7 Å². The lowest BCUT2D eigenvalue weighted by atomic mass is 9.94. The van der Waals surface area contributed by atoms with E-state index >= 15 is 0 Å². The Labute approximate surface area is 129 Å². The minimum atomic E-state index is -1.03. The Balaban J connectivity index is 1.71. The van der Waals surface area contributed by atoms with Gasteiger partial charge in [0.2, 0.25) is 0 Å². The van der Waals surface area contributed by atoms with Gasteiger partial charge in [-0.15, -0.1) is 11.8 Å². The minimum Gasteiger partial charge on any atom is -0.359 e. The molecule has 5 heteroatoms. The summed E-state index contributed by atoms with van der Waals surface area (Å²) >= 11 is 1.64. The Morgan fingerprint density at radius 3 is 2.71 bits per heavy atom. The average molecular weight is 312 g/mol. The lowest BCUT2D eigenvalue weighted by Gasteiger charge is -2.46. The normalized spacial score (nSPS) is 39.8. The van der Waals surface area contributed by atoms with Crippen molar-refractivity contribution in [2.24, 2.45) is 5.92 Å². The van der Waals surface area contributed by atoms with Crippen molar-refractivity contribution in [2.45, 2.75) is 44.0 Å². The van der Waals surface area contributed by atoms with E-state index in [1.807, 2.05) is 37.3 Å². The fourth-order valence-electron chi connectivity index (χ4n) is 2.83. The molecule has 3 rings (SSSR count). The number of rotatable bonds is 3. The second-order valence-corrected chi connectivity index (χ2v) is 6.85. The molecule has 6 atom stereocenters. The summed E-state index contributed by atoms with van der Waals surface area (Å²) in [5.74, 6) is 0.735. The molecule has 0 bridgehead atoms. The fraction of sp³-hybridized carbons (Fsp3) is 0.625. The SMILES string of the molecule is CCSC1OC2COC(c3ccccc3)O[C@H]2[C@H](F)[C@@H]1C. The van der Waals surface area contributed by atoms with E-state index in [1.165, 1.54) is 0 Å². The molecule has 3 nitrogen and oxygen atoms in total. The molecule has 0 aromatic heterocycles. The van der Waals surface area contributed by atoms with Gasteiger partial charge < -0.3 is 14.2 Å². The number of fused-ring (bicyclic) bond motifs is 1. The van der Waals surface area contributed by atoms with Crippen LogP contribution in [-0.2, 0) is 14.2 Å². The molecule has 0 saturated carbocycles. The number of benzene rings is 1. The molecular formula is C16H21FO3S. The van der Waals surface area contributed by atoms with E-state index in [4.69, 9.17) is 14.2 Å². The Kier molecular flexibility index (Phi) is 4.84. The van der Waals surface area contributed by atoms with Crippen LogP contribution >= 0.6 is 11.8 Å². The fourth-order valence-corrected chi connectivity index (χ4v) is 3.83. The number of alkyl halides is 1. The van der Waals surface area contributed by atoms with Gasteiger partial charge in [-0.05, 0) is 5.75 Å². The van der Waals surface area contributed by atoms with Gasteiger partial charge in [-0.25, -0.2) is 4.39 Å². The minimum absolute atomic E-state index is 0.119. The average Bonchev–Trinajstić information content (AvgIpc) is 2.53. The van der Waals surface area contributed by atoms with Gasteiger partial charge >= 0.3 is 0 Å². The first-order valence-electron chi connectivity index (χ1n) is 7.44. The molecule has 2 aliphatic rings. The number of hydrogen-bond donors (Lipinski definition) is 0. The van der Waals surface area contributed by atoms with Crippen LogP contribution in [0.4, 0.5) is 4.39 Å². The summed E-state index contributed by atoms with van der Waals surface area (Å²) in [6, 6.07) is 9.65. The number of hydrogen-bond acceptors (Lipinski definition) is 4. The first kappa shape index (κ1) is 15.3. The second-order valence-electron chi connectivity index (χ2n) is 5.48. The van der Waals surface area contributed by atoms with Crippen molar-refractivity contribution in [1.29, 1.82) is 0 Å². The maximum atomic E-state index is 14.7. The Morgan fingerprint density at radius 1 is 1.24 bits per heavy atom. The van der Waals surface area contributed by atoms with Crippen LogP contribution in [-0.4, -0.2) is 36.2 Å². The molecule has 2 aliphatic heterocycles. The van der Waals surface area contributed by atoms with Crippen LogP contribution < -0.4 is 0 Å². The summed E-state index contributed by atoms with van der Waals surface area (Å²) in [7, 11) is 0. The highest BCUT2D eigenvalue weighted by Gasteiger charge is 2.48. The van der Waals surface area contributed by atoms with Gasteiger partial charge in [0.25, 0.3) is 0 Å².